The lowest BCUT2D eigenvalue weighted by Gasteiger charge is -2.22. The minimum Gasteiger partial charge on any atom is -0.464 e. The summed E-state index contributed by atoms with van der Waals surface area (Å²) in [7, 11) is 1.36. The molecule has 0 saturated carbocycles. The Labute approximate surface area is 139 Å². The second-order valence-electron chi connectivity index (χ2n) is 5.89. The predicted octanol–water partition coefficient (Wildman–Crippen LogP) is 1.86. The molecule has 0 spiro atoms. The standard InChI is InChI=1S/C16H20ClN3O3/c1-7-12-10(18-15(7)16(22)23-3)5-4-9(17)14(12)13-8(2)19-20-11(13)6-21/h4-5,8,11,13,18-21H,6H2,1-3H3. The normalized spacial score (nSPS) is 24.3. The molecule has 3 unspecified atom stereocenters. The number of ether oxygens (including phenoxy) is 1. The summed E-state index contributed by atoms with van der Waals surface area (Å²) in [5.41, 5.74) is 9.24. The molecular weight excluding hydrogens is 318 g/mol. The number of hydrogen-bond acceptors (Lipinski definition) is 5. The van der Waals surface area contributed by atoms with Crippen molar-refractivity contribution in [1.82, 2.24) is 15.8 Å². The number of aryl methyl sites for hydroxylation is 1. The van der Waals surface area contributed by atoms with Crippen molar-refractivity contribution in [1.29, 1.82) is 0 Å². The molecule has 1 aromatic heterocycles. The van der Waals surface area contributed by atoms with Crippen LogP contribution in [0, 0.1) is 6.92 Å². The Morgan fingerprint density at radius 2 is 2.13 bits per heavy atom. The number of fused-ring (bicyclic) bond motifs is 1. The molecule has 1 aliphatic rings. The number of benzene rings is 1. The molecule has 0 amide bonds. The Balaban J connectivity index is 2.25. The largest absolute Gasteiger partial charge is 0.464 e. The number of hydrazine groups is 1. The van der Waals surface area contributed by atoms with Crippen LogP contribution in [-0.4, -0.2) is 41.9 Å². The van der Waals surface area contributed by atoms with Crippen molar-refractivity contribution in [3.8, 4) is 0 Å². The van der Waals surface area contributed by atoms with Gasteiger partial charge in [-0.1, -0.05) is 11.6 Å². The van der Waals surface area contributed by atoms with Gasteiger partial charge in [0.25, 0.3) is 0 Å². The maximum atomic E-state index is 12.0. The molecule has 0 aliphatic carbocycles. The van der Waals surface area contributed by atoms with Gasteiger partial charge >= 0.3 is 5.97 Å². The third kappa shape index (κ3) is 2.52. The Morgan fingerprint density at radius 1 is 1.39 bits per heavy atom. The van der Waals surface area contributed by atoms with Gasteiger partial charge in [0.1, 0.15) is 5.69 Å². The van der Waals surface area contributed by atoms with Crippen molar-refractivity contribution in [2.45, 2.75) is 31.8 Å². The Kier molecular flexibility index (Phi) is 4.33. The molecule has 2 aromatic rings. The summed E-state index contributed by atoms with van der Waals surface area (Å²) >= 11 is 6.50. The monoisotopic (exact) mass is 337 g/mol. The zero-order valence-electron chi connectivity index (χ0n) is 13.2. The van der Waals surface area contributed by atoms with Gasteiger partial charge < -0.3 is 14.8 Å². The number of H-pyrrole nitrogens is 1. The first kappa shape index (κ1) is 16.3. The van der Waals surface area contributed by atoms with E-state index in [-0.39, 0.29) is 24.6 Å². The second-order valence-corrected chi connectivity index (χ2v) is 6.30. The van der Waals surface area contributed by atoms with E-state index in [4.69, 9.17) is 16.3 Å². The van der Waals surface area contributed by atoms with Gasteiger partial charge in [0, 0.05) is 27.9 Å². The van der Waals surface area contributed by atoms with Crippen molar-refractivity contribution in [3.63, 3.8) is 0 Å². The van der Waals surface area contributed by atoms with Crippen molar-refractivity contribution in [2.24, 2.45) is 0 Å². The number of carbonyl (C=O) groups excluding carboxylic acids is 1. The van der Waals surface area contributed by atoms with Gasteiger partial charge in [0.2, 0.25) is 0 Å². The average Bonchev–Trinajstić information content (AvgIpc) is 3.08. The van der Waals surface area contributed by atoms with Crippen LogP contribution in [0.1, 0.15) is 34.5 Å². The van der Waals surface area contributed by atoms with Crippen LogP contribution in [0.5, 0.6) is 0 Å². The van der Waals surface area contributed by atoms with Crippen LogP contribution in [0.3, 0.4) is 0 Å². The highest BCUT2D eigenvalue weighted by atomic mass is 35.5. The van der Waals surface area contributed by atoms with E-state index in [9.17, 15) is 9.90 Å². The zero-order chi connectivity index (χ0) is 16.7. The Morgan fingerprint density at radius 3 is 2.78 bits per heavy atom. The number of halogens is 1. The van der Waals surface area contributed by atoms with Crippen LogP contribution in [0.2, 0.25) is 5.02 Å². The summed E-state index contributed by atoms with van der Waals surface area (Å²) in [5, 5.41) is 11.2. The molecule has 1 aliphatic heterocycles. The fraction of sp³-hybridized carbons (Fsp3) is 0.438. The van der Waals surface area contributed by atoms with Gasteiger partial charge in [-0.25, -0.2) is 4.79 Å². The van der Waals surface area contributed by atoms with Crippen molar-refractivity contribution >= 4 is 28.5 Å². The highest BCUT2D eigenvalue weighted by molar-refractivity contribution is 6.32. The van der Waals surface area contributed by atoms with Gasteiger partial charge in [0.15, 0.2) is 0 Å². The number of aliphatic hydroxyl groups excluding tert-OH is 1. The molecule has 2 heterocycles. The predicted molar refractivity (Wildman–Crippen MR) is 88.7 cm³/mol. The summed E-state index contributed by atoms with van der Waals surface area (Å²) in [6, 6.07) is 3.61. The summed E-state index contributed by atoms with van der Waals surface area (Å²) in [4.78, 5) is 15.1. The minimum atomic E-state index is -0.407. The molecule has 7 heteroatoms. The highest BCUT2D eigenvalue weighted by Gasteiger charge is 2.37. The summed E-state index contributed by atoms with van der Waals surface area (Å²) in [6.07, 6.45) is 0. The molecule has 0 radical (unpaired) electrons. The molecule has 6 nitrogen and oxygen atoms in total. The summed E-state index contributed by atoms with van der Waals surface area (Å²) in [6.45, 7) is 3.90. The number of hydrogen-bond donors (Lipinski definition) is 4. The van der Waals surface area contributed by atoms with Gasteiger partial charge in [-0.2, -0.15) is 0 Å². The van der Waals surface area contributed by atoms with Crippen molar-refractivity contribution in [3.05, 3.63) is 34.0 Å². The van der Waals surface area contributed by atoms with Gasteiger partial charge in [-0.05, 0) is 37.1 Å². The topological polar surface area (TPSA) is 86.4 Å². The van der Waals surface area contributed by atoms with Crippen LogP contribution in [0.25, 0.3) is 10.9 Å². The third-order valence-corrected chi connectivity index (χ3v) is 4.92. The van der Waals surface area contributed by atoms with Crippen molar-refractivity contribution in [2.75, 3.05) is 13.7 Å². The number of methoxy groups -OCH3 is 1. The average molecular weight is 338 g/mol. The number of rotatable bonds is 3. The van der Waals surface area contributed by atoms with E-state index < -0.39 is 5.97 Å². The number of nitrogens with one attached hydrogen (secondary N) is 3. The second kappa shape index (κ2) is 6.13. The van der Waals surface area contributed by atoms with Gasteiger partial charge in [0.05, 0.1) is 19.8 Å². The first-order valence-electron chi connectivity index (χ1n) is 7.50. The molecule has 0 bridgehead atoms. The molecule has 124 valence electrons. The summed E-state index contributed by atoms with van der Waals surface area (Å²) in [5.74, 6) is -0.425. The maximum absolute atomic E-state index is 12.0. The lowest BCUT2D eigenvalue weighted by atomic mass is 9.85. The molecule has 1 saturated heterocycles. The lowest BCUT2D eigenvalue weighted by molar-refractivity contribution is 0.0594. The van der Waals surface area contributed by atoms with E-state index in [0.717, 1.165) is 22.0 Å². The van der Waals surface area contributed by atoms with E-state index >= 15 is 0 Å². The quantitative estimate of drug-likeness (QED) is 0.642. The fourth-order valence-electron chi connectivity index (χ4n) is 3.46. The zero-order valence-corrected chi connectivity index (χ0v) is 14.0. The summed E-state index contributed by atoms with van der Waals surface area (Å²) < 4.78 is 4.84. The molecule has 1 fully saturated rings. The molecular formula is C16H20ClN3O3. The lowest BCUT2D eigenvalue weighted by Crippen LogP contribution is -2.34. The van der Waals surface area contributed by atoms with E-state index in [0.29, 0.717) is 10.7 Å². The Bertz CT molecular complexity index is 759. The SMILES string of the molecule is COC(=O)c1[nH]c2ccc(Cl)c(C3C(C)NNC3CO)c2c1C. The highest BCUT2D eigenvalue weighted by Crippen LogP contribution is 2.39. The number of carbonyl (C=O) groups is 1. The maximum Gasteiger partial charge on any atom is 0.354 e. The molecule has 3 atom stereocenters. The van der Waals surface area contributed by atoms with Crippen LogP contribution < -0.4 is 10.9 Å². The molecule has 23 heavy (non-hydrogen) atoms. The van der Waals surface area contributed by atoms with Crippen LogP contribution in [0.15, 0.2) is 12.1 Å². The fourth-order valence-corrected chi connectivity index (χ4v) is 3.75. The Hall–Kier alpha value is -1.60. The number of aromatic amines is 1. The van der Waals surface area contributed by atoms with E-state index in [1.807, 2.05) is 26.0 Å². The molecule has 1 aromatic carbocycles. The van der Waals surface area contributed by atoms with Crippen LogP contribution in [-0.2, 0) is 4.74 Å². The first-order valence-corrected chi connectivity index (χ1v) is 7.88. The van der Waals surface area contributed by atoms with E-state index in [2.05, 4.69) is 15.8 Å². The number of aromatic nitrogens is 1. The van der Waals surface area contributed by atoms with Crippen LogP contribution in [0.4, 0.5) is 0 Å². The minimum absolute atomic E-state index is 0.0119. The van der Waals surface area contributed by atoms with Gasteiger partial charge in [-0.3, -0.25) is 10.9 Å². The molecule has 4 N–H and O–H groups in total. The smallest absolute Gasteiger partial charge is 0.354 e. The van der Waals surface area contributed by atoms with E-state index in [1.165, 1.54) is 7.11 Å². The first-order chi connectivity index (χ1) is 11.0. The number of aliphatic hydroxyl groups is 1. The number of esters is 1. The third-order valence-electron chi connectivity index (χ3n) is 4.59. The van der Waals surface area contributed by atoms with E-state index in [1.54, 1.807) is 0 Å². The van der Waals surface area contributed by atoms with Crippen molar-refractivity contribution < 1.29 is 14.6 Å². The van der Waals surface area contributed by atoms with Crippen LogP contribution >= 0.6 is 11.6 Å². The van der Waals surface area contributed by atoms with Gasteiger partial charge in [-0.15, -0.1) is 0 Å². The molecule has 3 rings (SSSR count).